The number of hydrogen-bond donors (Lipinski definition) is 1. The van der Waals surface area contributed by atoms with Gasteiger partial charge in [0.2, 0.25) is 0 Å². The summed E-state index contributed by atoms with van der Waals surface area (Å²) < 4.78 is 1.43. The van der Waals surface area contributed by atoms with Crippen molar-refractivity contribution in [3.05, 3.63) is 21.9 Å². The van der Waals surface area contributed by atoms with Gasteiger partial charge in [-0.1, -0.05) is 30.1 Å². The number of amides is 1. The first kappa shape index (κ1) is 14.9. The predicted octanol–water partition coefficient (Wildman–Crippen LogP) is 2.27. The van der Waals surface area contributed by atoms with Gasteiger partial charge < -0.3 is 14.6 Å². The molecule has 1 rings (SSSR count). The SMILES string of the molecule is CCC(C(=O)O)N(C)C(=O)c1cc(Cl)c(Cl)n1C. The van der Waals surface area contributed by atoms with Crippen LogP contribution in [0.2, 0.25) is 10.2 Å². The molecule has 1 amide bonds. The molecule has 0 fully saturated rings. The van der Waals surface area contributed by atoms with Gasteiger partial charge in [-0.3, -0.25) is 4.79 Å². The van der Waals surface area contributed by atoms with Crippen LogP contribution in [0.15, 0.2) is 6.07 Å². The van der Waals surface area contributed by atoms with Crippen molar-refractivity contribution in [1.82, 2.24) is 9.47 Å². The number of likely N-dealkylation sites (N-methyl/N-ethyl adjacent to an activating group) is 1. The van der Waals surface area contributed by atoms with Crippen LogP contribution in [-0.2, 0) is 11.8 Å². The van der Waals surface area contributed by atoms with E-state index in [1.165, 1.54) is 22.6 Å². The lowest BCUT2D eigenvalue weighted by Gasteiger charge is -2.23. The van der Waals surface area contributed by atoms with Gasteiger partial charge in [0.05, 0.1) is 5.02 Å². The highest BCUT2D eigenvalue weighted by Crippen LogP contribution is 2.26. The second-order valence-electron chi connectivity index (χ2n) is 3.91. The minimum absolute atomic E-state index is 0.247. The molecule has 0 spiro atoms. The average molecular weight is 293 g/mol. The van der Waals surface area contributed by atoms with Crippen LogP contribution in [0.5, 0.6) is 0 Å². The van der Waals surface area contributed by atoms with Crippen LogP contribution in [0.1, 0.15) is 23.8 Å². The molecule has 0 saturated carbocycles. The van der Waals surface area contributed by atoms with Crippen LogP contribution < -0.4 is 0 Å². The predicted molar refractivity (Wildman–Crippen MR) is 69.2 cm³/mol. The van der Waals surface area contributed by atoms with Crippen molar-refractivity contribution in [2.45, 2.75) is 19.4 Å². The van der Waals surface area contributed by atoms with E-state index in [0.717, 1.165) is 0 Å². The number of carboxylic acids is 1. The zero-order valence-electron chi connectivity index (χ0n) is 10.3. The van der Waals surface area contributed by atoms with Crippen molar-refractivity contribution in [2.24, 2.45) is 7.05 Å². The number of halogens is 2. The third-order valence-corrected chi connectivity index (χ3v) is 3.64. The summed E-state index contributed by atoms with van der Waals surface area (Å²) in [7, 11) is 3.04. The molecule has 5 nitrogen and oxygen atoms in total. The second-order valence-corrected chi connectivity index (χ2v) is 4.67. The molecule has 1 aromatic heterocycles. The van der Waals surface area contributed by atoms with Crippen LogP contribution in [0, 0.1) is 0 Å². The first-order chi connectivity index (χ1) is 8.31. The van der Waals surface area contributed by atoms with Crippen molar-refractivity contribution >= 4 is 35.1 Å². The average Bonchev–Trinajstić information content (AvgIpc) is 2.56. The van der Waals surface area contributed by atoms with Crippen molar-refractivity contribution in [1.29, 1.82) is 0 Å². The van der Waals surface area contributed by atoms with Gasteiger partial charge in [-0.25, -0.2) is 4.79 Å². The van der Waals surface area contributed by atoms with E-state index in [2.05, 4.69) is 0 Å². The summed E-state index contributed by atoms with van der Waals surface area (Å²) >= 11 is 11.7. The molecule has 0 saturated heterocycles. The van der Waals surface area contributed by atoms with Crippen LogP contribution in [0.3, 0.4) is 0 Å². The lowest BCUT2D eigenvalue weighted by molar-refractivity contribution is -0.142. The van der Waals surface area contributed by atoms with Crippen LogP contribution >= 0.6 is 23.2 Å². The number of carboxylic acid groups (broad SMARTS) is 1. The van der Waals surface area contributed by atoms with Crippen molar-refractivity contribution in [3.63, 3.8) is 0 Å². The van der Waals surface area contributed by atoms with Gasteiger partial charge in [-0.2, -0.15) is 0 Å². The fourth-order valence-corrected chi connectivity index (χ4v) is 2.06. The highest BCUT2D eigenvalue weighted by Gasteiger charge is 2.27. The van der Waals surface area contributed by atoms with Crippen molar-refractivity contribution in [2.75, 3.05) is 7.05 Å². The number of nitrogens with zero attached hydrogens (tertiary/aromatic N) is 2. The first-order valence-corrected chi connectivity index (χ1v) is 6.07. The van der Waals surface area contributed by atoms with Crippen LogP contribution in [0.4, 0.5) is 0 Å². The maximum Gasteiger partial charge on any atom is 0.326 e. The Kier molecular flexibility index (Phi) is 4.65. The topological polar surface area (TPSA) is 62.5 Å². The van der Waals surface area contributed by atoms with E-state index >= 15 is 0 Å². The molecule has 18 heavy (non-hydrogen) atoms. The van der Waals surface area contributed by atoms with Gasteiger partial charge in [0.15, 0.2) is 0 Å². The fourth-order valence-electron chi connectivity index (χ4n) is 1.68. The summed E-state index contributed by atoms with van der Waals surface area (Å²) in [5.41, 5.74) is 0.257. The monoisotopic (exact) mass is 292 g/mol. The van der Waals surface area contributed by atoms with E-state index in [-0.39, 0.29) is 15.9 Å². The molecule has 100 valence electrons. The van der Waals surface area contributed by atoms with Crippen molar-refractivity contribution < 1.29 is 14.7 Å². The molecule has 0 aliphatic rings. The Morgan fingerprint density at radius 3 is 2.39 bits per heavy atom. The minimum Gasteiger partial charge on any atom is -0.480 e. The summed E-state index contributed by atoms with van der Waals surface area (Å²) in [6.07, 6.45) is 0.323. The minimum atomic E-state index is -1.04. The highest BCUT2D eigenvalue weighted by atomic mass is 35.5. The Labute approximate surface area is 115 Å². The van der Waals surface area contributed by atoms with Gasteiger partial charge >= 0.3 is 5.97 Å². The van der Waals surface area contributed by atoms with E-state index in [1.54, 1.807) is 14.0 Å². The van der Waals surface area contributed by atoms with Gasteiger partial charge in [0, 0.05) is 14.1 Å². The molecule has 0 aliphatic heterocycles. The lowest BCUT2D eigenvalue weighted by atomic mass is 10.2. The highest BCUT2D eigenvalue weighted by molar-refractivity contribution is 6.41. The van der Waals surface area contributed by atoms with E-state index in [1.807, 2.05) is 0 Å². The third kappa shape index (κ3) is 2.62. The van der Waals surface area contributed by atoms with E-state index in [9.17, 15) is 9.59 Å². The normalized spacial score (nSPS) is 12.3. The van der Waals surface area contributed by atoms with Crippen LogP contribution in [-0.4, -0.2) is 39.5 Å². The Balaban J connectivity index is 3.06. The van der Waals surface area contributed by atoms with E-state index in [0.29, 0.717) is 6.42 Å². The molecule has 0 aromatic carbocycles. The summed E-state index contributed by atoms with van der Waals surface area (Å²) in [6, 6.07) is 0.557. The maximum atomic E-state index is 12.2. The third-order valence-electron chi connectivity index (χ3n) is 2.80. The number of aromatic nitrogens is 1. The number of carbonyl (C=O) groups is 2. The summed E-state index contributed by atoms with van der Waals surface area (Å²) in [5, 5.41) is 9.53. The molecule has 0 bridgehead atoms. The first-order valence-electron chi connectivity index (χ1n) is 5.31. The molecule has 1 N–H and O–H groups in total. The molecular formula is C11H14Cl2N2O3. The molecule has 1 aromatic rings. The summed E-state index contributed by atoms with van der Waals surface area (Å²) in [4.78, 5) is 24.3. The molecule has 0 radical (unpaired) electrons. The fraction of sp³-hybridized carbons (Fsp3) is 0.455. The van der Waals surface area contributed by atoms with Gasteiger partial charge in [0.25, 0.3) is 5.91 Å². The Morgan fingerprint density at radius 1 is 1.50 bits per heavy atom. The largest absolute Gasteiger partial charge is 0.480 e. The standard InChI is InChI=1S/C11H14Cl2N2O3/c1-4-7(11(17)18)15(3)10(16)8-5-6(12)9(13)14(8)2/h5,7H,4H2,1-3H3,(H,17,18). The summed E-state index contributed by atoms with van der Waals surface area (Å²) in [5.74, 6) is -1.47. The Morgan fingerprint density at radius 2 is 2.06 bits per heavy atom. The number of carbonyl (C=O) groups excluding carboxylic acids is 1. The molecular weight excluding hydrogens is 279 g/mol. The second kappa shape index (κ2) is 5.63. The Bertz CT molecular complexity index is 485. The lowest BCUT2D eigenvalue weighted by Crippen LogP contribution is -2.42. The Hall–Kier alpha value is -1.20. The number of hydrogen-bond acceptors (Lipinski definition) is 2. The summed E-state index contributed by atoms with van der Waals surface area (Å²) in [6.45, 7) is 1.70. The van der Waals surface area contributed by atoms with Gasteiger partial charge in [-0.15, -0.1) is 0 Å². The molecule has 0 aliphatic carbocycles. The van der Waals surface area contributed by atoms with Gasteiger partial charge in [0.1, 0.15) is 16.9 Å². The van der Waals surface area contributed by atoms with E-state index in [4.69, 9.17) is 28.3 Å². The van der Waals surface area contributed by atoms with E-state index < -0.39 is 17.9 Å². The zero-order chi connectivity index (χ0) is 14.0. The zero-order valence-corrected chi connectivity index (χ0v) is 11.8. The molecule has 7 heteroatoms. The number of rotatable bonds is 4. The quantitative estimate of drug-likeness (QED) is 0.926. The molecule has 1 atom stereocenters. The smallest absolute Gasteiger partial charge is 0.326 e. The maximum absolute atomic E-state index is 12.2. The number of aliphatic carboxylic acids is 1. The van der Waals surface area contributed by atoms with Crippen molar-refractivity contribution in [3.8, 4) is 0 Å². The van der Waals surface area contributed by atoms with Gasteiger partial charge in [-0.05, 0) is 12.5 Å². The molecule has 1 unspecified atom stereocenters. The molecule has 1 heterocycles. The van der Waals surface area contributed by atoms with Crippen LogP contribution in [0.25, 0.3) is 0 Å².